The van der Waals surface area contributed by atoms with E-state index in [-0.39, 0.29) is 39.2 Å². The zero-order chi connectivity index (χ0) is 65.2. The molecule has 0 amide bonds. The van der Waals surface area contributed by atoms with E-state index in [9.17, 15) is 0 Å². The van der Waals surface area contributed by atoms with Gasteiger partial charge in [-0.2, -0.15) is 0 Å². The summed E-state index contributed by atoms with van der Waals surface area (Å²) in [4.78, 5) is 5.22. The number of hydrogen-bond acceptors (Lipinski definition) is 2. The fraction of sp³-hybridized carbons (Fsp3) is 0.267. The van der Waals surface area contributed by atoms with Gasteiger partial charge < -0.3 is 14.4 Å². The van der Waals surface area contributed by atoms with E-state index in [2.05, 4.69) is 342 Å². The lowest BCUT2D eigenvalue weighted by atomic mass is 9.33. The maximum Gasteiger partial charge on any atom is 0.252 e. The molecule has 0 spiro atoms. The predicted octanol–water partition coefficient (Wildman–Crippen LogP) is 22.8. The molecule has 0 unspecified atom stereocenters. The first-order valence-electron chi connectivity index (χ1n) is 34.6. The Labute approximate surface area is 559 Å². The highest BCUT2D eigenvalue weighted by molar-refractivity contribution is 7.00. The van der Waals surface area contributed by atoms with Gasteiger partial charge in [0.15, 0.2) is 0 Å². The molecule has 3 heterocycles. The van der Waals surface area contributed by atoms with Crippen LogP contribution in [-0.4, -0.2) is 11.3 Å². The van der Waals surface area contributed by atoms with Gasteiger partial charge in [-0.3, -0.25) is 0 Å². The van der Waals surface area contributed by atoms with Gasteiger partial charge in [0.1, 0.15) is 0 Å². The molecule has 0 N–H and O–H groups in total. The summed E-state index contributed by atoms with van der Waals surface area (Å²) in [5.74, 6) is 0. The molecular formula is C90H88BN3. The summed E-state index contributed by atoms with van der Waals surface area (Å²) in [6.45, 7) is 33.4. The maximum atomic E-state index is 2.62. The third kappa shape index (κ3) is 9.74. The molecule has 16 rings (SSSR count). The second kappa shape index (κ2) is 21.2. The number of aromatic nitrogens is 1. The number of anilines is 6. The Morgan fingerprint density at radius 2 is 0.702 bits per heavy atom. The zero-order valence-corrected chi connectivity index (χ0v) is 57.7. The van der Waals surface area contributed by atoms with Crippen molar-refractivity contribution >= 4 is 79.0 Å². The molecule has 11 aromatic carbocycles. The van der Waals surface area contributed by atoms with E-state index in [0.717, 1.165) is 17.1 Å². The molecule has 2 aliphatic heterocycles. The molecule has 1 aromatic heterocycles. The monoisotopic (exact) mass is 1220 g/mol. The highest BCUT2D eigenvalue weighted by Gasteiger charge is 2.45. The molecule has 4 aliphatic rings. The van der Waals surface area contributed by atoms with Gasteiger partial charge in [-0.15, -0.1) is 0 Å². The lowest BCUT2D eigenvalue weighted by Gasteiger charge is -2.45. The molecule has 12 aromatic rings. The average molecular weight is 1220 g/mol. The Morgan fingerprint density at radius 3 is 1.20 bits per heavy atom. The van der Waals surface area contributed by atoms with Crippen molar-refractivity contribution in [2.24, 2.45) is 0 Å². The number of para-hydroxylation sites is 2. The molecule has 0 fully saturated rings. The van der Waals surface area contributed by atoms with Crippen LogP contribution in [0.5, 0.6) is 0 Å². The Balaban J connectivity index is 0.954. The standard InChI is InChI=1S/C90H88BN3/c1-85(2,3)65-48-63(49-66(55-65)86(4,5)6)62-34-43-80-77(52-62)91-76-42-39-69(94-78-26-20-18-24-70(78)71-25-19-21-27-79(71)94)56-81(76)93(68-37-30-59(31-38-68)61-33-41-73-75(51-61)90(13,14)47-45-88(73,9)10)83-54-64(57-22-16-15-17-23-57)53-82(84(83)91)92(80)67-35-28-58(29-36-67)60-32-40-72-74(50-60)89(11,12)46-44-87(72,7)8/h15-43,48-56H,44-47H2,1-14H3. The van der Waals surface area contributed by atoms with Crippen LogP contribution in [-0.2, 0) is 32.5 Å². The number of hydrogen-bond donors (Lipinski definition) is 0. The Morgan fingerprint density at radius 1 is 0.298 bits per heavy atom. The zero-order valence-electron chi connectivity index (χ0n) is 57.7. The smallest absolute Gasteiger partial charge is 0.252 e. The molecule has 466 valence electrons. The van der Waals surface area contributed by atoms with Crippen LogP contribution in [0.3, 0.4) is 0 Å². The van der Waals surface area contributed by atoms with Crippen LogP contribution in [0.25, 0.3) is 72.0 Å². The van der Waals surface area contributed by atoms with Crippen LogP contribution < -0.4 is 26.2 Å². The van der Waals surface area contributed by atoms with Crippen molar-refractivity contribution in [3.8, 4) is 50.2 Å². The van der Waals surface area contributed by atoms with Gasteiger partial charge in [0.25, 0.3) is 6.71 Å². The first-order chi connectivity index (χ1) is 44.8. The summed E-state index contributed by atoms with van der Waals surface area (Å²) in [5, 5.41) is 2.50. The van der Waals surface area contributed by atoms with Crippen LogP contribution in [0.15, 0.2) is 231 Å². The van der Waals surface area contributed by atoms with Crippen molar-refractivity contribution in [1.29, 1.82) is 0 Å². The summed E-state index contributed by atoms with van der Waals surface area (Å²) in [5.41, 5.74) is 33.3. The van der Waals surface area contributed by atoms with Gasteiger partial charge in [-0.1, -0.05) is 261 Å². The minimum Gasteiger partial charge on any atom is -0.311 e. The van der Waals surface area contributed by atoms with Crippen molar-refractivity contribution in [2.75, 3.05) is 9.80 Å². The van der Waals surface area contributed by atoms with Crippen molar-refractivity contribution in [3.63, 3.8) is 0 Å². The van der Waals surface area contributed by atoms with Crippen LogP contribution >= 0.6 is 0 Å². The second-order valence-corrected chi connectivity index (χ2v) is 32.7. The fourth-order valence-electron chi connectivity index (χ4n) is 16.7. The van der Waals surface area contributed by atoms with Gasteiger partial charge in [0.05, 0.1) is 11.0 Å². The highest BCUT2D eigenvalue weighted by Crippen LogP contribution is 2.52. The number of nitrogens with zero attached hydrogens (tertiary/aromatic N) is 3. The van der Waals surface area contributed by atoms with Crippen molar-refractivity contribution in [3.05, 3.63) is 264 Å². The molecule has 0 atom stereocenters. The highest BCUT2D eigenvalue weighted by atomic mass is 15.2. The molecule has 4 heteroatoms. The van der Waals surface area contributed by atoms with Crippen molar-refractivity contribution < 1.29 is 0 Å². The van der Waals surface area contributed by atoms with E-state index >= 15 is 0 Å². The normalized spacial score (nSPS) is 16.5. The van der Waals surface area contributed by atoms with Gasteiger partial charge >= 0.3 is 0 Å². The summed E-state index contributed by atoms with van der Waals surface area (Å²) in [7, 11) is 0. The maximum absolute atomic E-state index is 2.62. The minimum atomic E-state index is -0.128. The Kier molecular flexibility index (Phi) is 13.5. The topological polar surface area (TPSA) is 11.4 Å². The summed E-state index contributed by atoms with van der Waals surface area (Å²) < 4.78 is 2.49. The lowest BCUT2D eigenvalue weighted by Crippen LogP contribution is -2.61. The third-order valence-corrected chi connectivity index (χ3v) is 22.6. The van der Waals surface area contributed by atoms with Crippen LogP contribution in [0.1, 0.15) is 156 Å². The molecule has 94 heavy (non-hydrogen) atoms. The van der Waals surface area contributed by atoms with E-state index in [1.165, 1.54) is 165 Å². The number of fused-ring (bicyclic) bond motifs is 9. The molecule has 0 saturated heterocycles. The van der Waals surface area contributed by atoms with E-state index < -0.39 is 0 Å². The molecule has 2 aliphatic carbocycles. The molecule has 3 nitrogen and oxygen atoms in total. The number of rotatable bonds is 7. The first kappa shape index (κ1) is 59.9. The first-order valence-corrected chi connectivity index (χ1v) is 34.6. The van der Waals surface area contributed by atoms with Crippen LogP contribution in [0, 0.1) is 0 Å². The molecular weight excluding hydrogens is 1130 g/mol. The summed E-state index contributed by atoms with van der Waals surface area (Å²) in [6, 6.07) is 89.8. The molecule has 0 saturated carbocycles. The Bertz CT molecular complexity index is 4950. The predicted molar refractivity (Wildman–Crippen MR) is 405 cm³/mol. The van der Waals surface area contributed by atoms with E-state index in [4.69, 9.17) is 0 Å². The number of benzene rings is 11. The van der Waals surface area contributed by atoms with Gasteiger partial charge in [0.2, 0.25) is 0 Å². The minimum absolute atomic E-state index is 0.0456. The van der Waals surface area contributed by atoms with Gasteiger partial charge in [0, 0.05) is 50.6 Å². The average Bonchev–Trinajstić information content (AvgIpc) is 0.752. The molecule has 0 radical (unpaired) electrons. The van der Waals surface area contributed by atoms with Crippen LogP contribution in [0.4, 0.5) is 34.1 Å². The van der Waals surface area contributed by atoms with Gasteiger partial charge in [-0.05, 0) is 219 Å². The molecule has 0 bridgehead atoms. The van der Waals surface area contributed by atoms with Crippen molar-refractivity contribution in [1.82, 2.24) is 4.57 Å². The van der Waals surface area contributed by atoms with E-state index in [1.54, 1.807) is 0 Å². The van der Waals surface area contributed by atoms with Crippen molar-refractivity contribution in [2.45, 2.75) is 155 Å². The van der Waals surface area contributed by atoms with Crippen LogP contribution in [0.2, 0.25) is 0 Å². The fourth-order valence-corrected chi connectivity index (χ4v) is 16.7. The summed E-state index contributed by atoms with van der Waals surface area (Å²) in [6.07, 6.45) is 4.75. The third-order valence-electron chi connectivity index (χ3n) is 22.6. The SMILES string of the molecule is CC(C)(C)c1cc(-c2ccc3c(c2)B2c4ccc(-n5c6ccccc6c6ccccc65)cc4N(c4ccc(-c5ccc6c(c5)C(C)(C)CCC6(C)C)cc4)c4cc(-c5ccccc5)cc(c42)N3c2ccc(-c3ccc4c(c3)C(C)(C)CCC4(C)C)cc2)cc(C(C)(C)C)c1. The van der Waals surface area contributed by atoms with E-state index in [0.29, 0.717) is 0 Å². The van der Waals surface area contributed by atoms with Gasteiger partial charge in [-0.25, -0.2) is 0 Å². The largest absolute Gasteiger partial charge is 0.311 e. The quantitative estimate of drug-likeness (QED) is 0.147. The Hall–Kier alpha value is -9.12. The lowest BCUT2D eigenvalue weighted by molar-refractivity contribution is 0.332. The van der Waals surface area contributed by atoms with E-state index in [1.807, 2.05) is 0 Å². The summed E-state index contributed by atoms with van der Waals surface area (Å²) >= 11 is 0. The second-order valence-electron chi connectivity index (χ2n) is 32.7.